The lowest BCUT2D eigenvalue weighted by Crippen LogP contribution is -2.27. The molecule has 0 amide bonds. The minimum Gasteiger partial charge on any atom is -0.541 e. The maximum absolute atomic E-state index is 10.4. The van der Waals surface area contributed by atoms with Gasteiger partial charge < -0.3 is 9.76 Å². The van der Waals surface area contributed by atoms with Crippen LogP contribution in [-0.4, -0.2) is 25.2 Å². The Labute approximate surface area is 55.5 Å². The molecule has 9 heavy (non-hydrogen) atoms. The van der Waals surface area contributed by atoms with Crippen LogP contribution in [0, 0.1) is 5.92 Å². The zero-order valence-corrected chi connectivity index (χ0v) is 5.50. The Hall–Kier alpha value is -0.505. The van der Waals surface area contributed by atoms with E-state index in [1.165, 1.54) is 0 Å². The molecule has 0 saturated carbocycles. The van der Waals surface area contributed by atoms with Gasteiger partial charge in [-0.15, -0.1) is 0 Å². The Morgan fingerprint density at radius 3 is 2.22 bits per heavy atom. The van der Waals surface area contributed by atoms with Crippen molar-refractivity contribution in [3.63, 3.8) is 0 Å². The lowest BCUT2D eigenvalue weighted by Gasteiger charge is -2.10. The Bertz CT molecular complexity index is 102. The molecule has 0 rings (SSSR count). The molecule has 50 valence electrons. The Balaban J connectivity index is 3.72. The molecule has 0 aromatic carbocycles. The lowest BCUT2D eigenvalue weighted by molar-refractivity contribution is -0.145. The van der Waals surface area contributed by atoms with Crippen LogP contribution in [-0.2, 0) is 9.45 Å². The minimum absolute atomic E-state index is 0.152. The highest BCUT2D eigenvalue weighted by molar-refractivity contribution is 6.06. The van der Waals surface area contributed by atoms with E-state index >= 15 is 0 Å². The number of hydrogen-bond acceptors (Lipinski definition) is 3. The molecule has 4 heteroatoms. The van der Waals surface area contributed by atoms with Crippen LogP contribution in [0.15, 0.2) is 0 Å². The van der Waals surface area contributed by atoms with Gasteiger partial charge in [0.2, 0.25) is 0 Å². The zero-order valence-electron chi connectivity index (χ0n) is 5.50. The first-order chi connectivity index (χ1) is 4.09. The standard InChI is InChI=1S/C5H9BO3/c1-3(2)4(7)5(8)9-6/h3-4,7H,1-2H3/t4-/m1/s1. The maximum atomic E-state index is 10.4. The summed E-state index contributed by atoms with van der Waals surface area (Å²) in [6.07, 6.45) is -1.10. The van der Waals surface area contributed by atoms with Crippen molar-refractivity contribution in [1.82, 2.24) is 0 Å². The van der Waals surface area contributed by atoms with Crippen LogP contribution >= 0.6 is 0 Å². The molecule has 0 spiro atoms. The number of aliphatic hydroxyl groups excluding tert-OH is 1. The van der Waals surface area contributed by atoms with E-state index in [2.05, 4.69) is 12.7 Å². The van der Waals surface area contributed by atoms with Crippen LogP contribution in [0.1, 0.15) is 13.8 Å². The third-order valence-corrected chi connectivity index (χ3v) is 0.989. The lowest BCUT2D eigenvalue weighted by atomic mass is 10.1. The molecule has 0 saturated heterocycles. The summed E-state index contributed by atoms with van der Waals surface area (Å²) >= 11 is 0. The van der Waals surface area contributed by atoms with Gasteiger partial charge in [-0.25, -0.2) is 0 Å². The van der Waals surface area contributed by atoms with E-state index in [1.807, 2.05) is 0 Å². The molecule has 3 nitrogen and oxygen atoms in total. The summed E-state index contributed by atoms with van der Waals surface area (Å²) in [4.78, 5) is 10.4. The monoisotopic (exact) mass is 128 g/mol. The first-order valence-corrected chi connectivity index (χ1v) is 2.68. The normalized spacial score (nSPS) is 13.3. The number of rotatable bonds is 2. The number of carbonyl (C=O) groups is 1. The summed E-state index contributed by atoms with van der Waals surface area (Å²) in [5.74, 6) is -0.939. The van der Waals surface area contributed by atoms with E-state index in [0.717, 1.165) is 0 Å². The predicted octanol–water partition coefficient (Wildman–Crippen LogP) is -0.370. The van der Waals surface area contributed by atoms with Crippen molar-refractivity contribution < 1.29 is 14.6 Å². The summed E-state index contributed by atoms with van der Waals surface area (Å²) in [5, 5.41) is 8.84. The molecule has 2 radical (unpaired) electrons. The molecule has 0 bridgehead atoms. The molecule has 0 aliphatic heterocycles. The zero-order chi connectivity index (χ0) is 7.44. The largest absolute Gasteiger partial charge is 0.541 e. The van der Waals surface area contributed by atoms with Gasteiger partial charge in [-0.05, 0) is 5.92 Å². The molecular formula is C5H9BO3. The topological polar surface area (TPSA) is 46.5 Å². The molecule has 0 aromatic rings. The summed E-state index contributed by atoms with van der Waals surface area (Å²) < 4.78 is 3.78. The molecule has 0 aliphatic carbocycles. The maximum Gasteiger partial charge on any atom is 0.378 e. The molecule has 1 atom stereocenters. The highest BCUT2D eigenvalue weighted by atomic mass is 16.5. The van der Waals surface area contributed by atoms with E-state index < -0.39 is 12.1 Å². The molecule has 0 fully saturated rings. The fourth-order valence-corrected chi connectivity index (χ4v) is 0.342. The minimum atomic E-state index is -1.10. The second-order valence-corrected chi connectivity index (χ2v) is 2.13. The van der Waals surface area contributed by atoms with Crippen molar-refractivity contribution in [1.29, 1.82) is 0 Å². The summed E-state index contributed by atoms with van der Waals surface area (Å²) in [6, 6.07) is 0. The molecule has 0 unspecified atom stereocenters. The molecule has 1 N–H and O–H groups in total. The van der Waals surface area contributed by atoms with E-state index in [4.69, 9.17) is 5.11 Å². The highest BCUT2D eigenvalue weighted by Crippen LogP contribution is 2.01. The average molecular weight is 128 g/mol. The van der Waals surface area contributed by atoms with Gasteiger partial charge in [-0.2, -0.15) is 0 Å². The van der Waals surface area contributed by atoms with Crippen molar-refractivity contribution in [3.05, 3.63) is 0 Å². The van der Waals surface area contributed by atoms with Crippen molar-refractivity contribution in [3.8, 4) is 0 Å². The van der Waals surface area contributed by atoms with Gasteiger partial charge in [0.05, 0.1) is 0 Å². The molecule has 0 aliphatic rings. The van der Waals surface area contributed by atoms with Gasteiger partial charge in [0.15, 0.2) is 6.10 Å². The summed E-state index contributed by atoms with van der Waals surface area (Å²) in [5.41, 5.74) is 0. The quantitative estimate of drug-likeness (QED) is 0.516. The van der Waals surface area contributed by atoms with E-state index in [0.29, 0.717) is 0 Å². The molecular weight excluding hydrogens is 119 g/mol. The molecule has 0 aromatic heterocycles. The van der Waals surface area contributed by atoms with Gasteiger partial charge in [0, 0.05) is 0 Å². The van der Waals surface area contributed by atoms with Crippen molar-refractivity contribution in [2.45, 2.75) is 20.0 Å². The van der Waals surface area contributed by atoms with Crippen molar-refractivity contribution >= 4 is 14.0 Å². The van der Waals surface area contributed by atoms with Crippen LogP contribution in [0.25, 0.3) is 0 Å². The second-order valence-electron chi connectivity index (χ2n) is 2.13. The van der Waals surface area contributed by atoms with Crippen LogP contribution in [0.2, 0.25) is 0 Å². The van der Waals surface area contributed by atoms with Gasteiger partial charge >= 0.3 is 14.0 Å². The van der Waals surface area contributed by atoms with Gasteiger partial charge in [-0.1, -0.05) is 13.8 Å². The third-order valence-electron chi connectivity index (χ3n) is 0.989. The summed E-state index contributed by atoms with van der Waals surface area (Å²) in [7, 11) is 4.50. The van der Waals surface area contributed by atoms with E-state index in [1.54, 1.807) is 13.8 Å². The van der Waals surface area contributed by atoms with Crippen molar-refractivity contribution in [2.24, 2.45) is 5.92 Å². The predicted molar refractivity (Wildman–Crippen MR) is 32.7 cm³/mol. The summed E-state index contributed by atoms with van der Waals surface area (Å²) in [6.45, 7) is 3.39. The third kappa shape index (κ3) is 2.51. The average Bonchev–Trinajstić information content (AvgIpc) is 1.84. The van der Waals surface area contributed by atoms with Crippen molar-refractivity contribution in [2.75, 3.05) is 0 Å². The Kier molecular flexibility index (Phi) is 3.31. The number of carbonyl (C=O) groups excluding carboxylic acids is 1. The van der Waals surface area contributed by atoms with Crippen LogP contribution in [0.3, 0.4) is 0 Å². The van der Waals surface area contributed by atoms with Crippen LogP contribution < -0.4 is 0 Å². The van der Waals surface area contributed by atoms with Crippen LogP contribution in [0.4, 0.5) is 0 Å². The Morgan fingerprint density at radius 2 is 2.11 bits per heavy atom. The fourth-order valence-electron chi connectivity index (χ4n) is 0.342. The highest BCUT2D eigenvalue weighted by Gasteiger charge is 2.17. The number of aliphatic hydroxyl groups is 1. The fraction of sp³-hybridized carbons (Fsp3) is 0.800. The van der Waals surface area contributed by atoms with Gasteiger partial charge in [-0.3, -0.25) is 4.79 Å². The first-order valence-electron chi connectivity index (χ1n) is 2.68. The number of hydrogen-bond donors (Lipinski definition) is 1. The van der Waals surface area contributed by atoms with E-state index in [-0.39, 0.29) is 5.92 Å². The SMILES string of the molecule is [B]OC(=O)[C@H](O)C(C)C. The van der Waals surface area contributed by atoms with Gasteiger partial charge in [0.1, 0.15) is 0 Å². The molecule has 0 heterocycles. The second kappa shape index (κ2) is 3.51. The van der Waals surface area contributed by atoms with E-state index in [9.17, 15) is 4.79 Å². The smallest absolute Gasteiger partial charge is 0.378 e. The first kappa shape index (κ1) is 8.49. The van der Waals surface area contributed by atoms with Crippen LogP contribution in [0.5, 0.6) is 0 Å². The Morgan fingerprint density at radius 1 is 1.67 bits per heavy atom. The van der Waals surface area contributed by atoms with Gasteiger partial charge in [0.25, 0.3) is 0 Å².